The zero-order valence-electron chi connectivity index (χ0n) is 12.3. The van der Waals surface area contributed by atoms with Crippen LogP contribution < -0.4 is 10.1 Å². The lowest BCUT2D eigenvalue weighted by atomic mass is 10.2. The van der Waals surface area contributed by atoms with Gasteiger partial charge in [0.1, 0.15) is 12.4 Å². The van der Waals surface area contributed by atoms with Crippen molar-refractivity contribution in [3.8, 4) is 5.75 Å². The summed E-state index contributed by atoms with van der Waals surface area (Å²) in [6.45, 7) is 3.42. The van der Waals surface area contributed by atoms with E-state index in [1.807, 2.05) is 7.05 Å². The van der Waals surface area contributed by atoms with Gasteiger partial charge in [-0.1, -0.05) is 0 Å². The number of sulfone groups is 1. The number of rotatable bonds is 6. The van der Waals surface area contributed by atoms with Gasteiger partial charge in [0.25, 0.3) is 0 Å². The van der Waals surface area contributed by atoms with Crippen molar-refractivity contribution in [1.29, 1.82) is 0 Å². The molecule has 1 aromatic carbocycles. The summed E-state index contributed by atoms with van der Waals surface area (Å²) in [7, 11) is -1.23. The molecule has 0 unspecified atom stereocenters. The van der Waals surface area contributed by atoms with Gasteiger partial charge in [0.2, 0.25) is 0 Å². The lowest BCUT2D eigenvalue weighted by molar-refractivity contribution is 0.306. The predicted octanol–water partition coefficient (Wildman–Crippen LogP) is 2.76. The van der Waals surface area contributed by atoms with Crippen molar-refractivity contribution >= 4 is 21.2 Å². The zero-order valence-corrected chi connectivity index (χ0v) is 14.0. The van der Waals surface area contributed by atoms with E-state index in [2.05, 4.69) is 18.3 Å². The standard InChI is InChI=1S/C15H19NO3S2/c1-11-12(8-14(20-11)9-16-2)10-19-13-4-6-15(7-5-13)21(3,17)18/h4-8,16H,9-10H2,1-3H3. The van der Waals surface area contributed by atoms with Crippen molar-refractivity contribution in [3.63, 3.8) is 0 Å². The molecule has 0 aliphatic heterocycles. The summed E-state index contributed by atoms with van der Waals surface area (Å²) in [5.74, 6) is 0.670. The Labute approximate surface area is 129 Å². The highest BCUT2D eigenvalue weighted by atomic mass is 32.2. The normalized spacial score (nSPS) is 11.6. The van der Waals surface area contributed by atoms with Crippen molar-refractivity contribution in [3.05, 3.63) is 45.6 Å². The molecule has 0 fully saturated rings. The van der Waals surface area contributed by atoms with Crippen LogP contribution in [-0.4, -0.2) is 21.7 Å². The third kappa shape index (κ3) is 4.30. The van der Waals surface area contributed by atoms with E-state index in [1.54, 1.807) is 35.6 Å². The number of nitrogens with one attached hydrogen (secondary N) is 1. The fourth-order valence-corrected chi connectivity index (χ4v) is 3.63. The highest BCUT2D eigenvalue weighted by Crippen LogP contribution is 2.23. The SMILES string of the molecule is CNCc1cc(COc2ccc(S(C)(=O)=O)cc2)c(C)s1. The molecule has 1 aromatic heterocycles. The molecule has 0 bridgehead atoms. The molecule has 0 atom stereocenters. The van der Waals surface area contributed by atoms with E-state index in [0.29, 0.717) is 17.3 Å². The molecule has 0 saturated heterocycles. The molecule has 2 aromatic rings. The number of hydrogen-bond donors (Lipinski definition) is 1. The number of aryl methyl sites for hydroxylation is 1. The van der Waals surface area contributed by atoms with Crippen LogP contribution in [0.25, 0.3) is 0 Å². The smallest absolute Gasteiger partial charge is 0.175 e. The minimum atomic E-state index is -3.16. The highest BCUT2D eigenvalue weighted by molar-refractivity contribution is 7.90. The first-order valence-corrected chi connectivity index (χ1v) is 9.26. The van der Waals surface area contributed by atoms with Gasteiger partial charge >= 0.3 is 0 Å². The number of ether oxygens (including phenoxy) is 1. The number of thiophene rings is 1. The molecule has 1 N–H and O–H groups in total. The van der Waals surface area contributed by atoms with Crippen molar-refractivity contribution in [2.45, 2.75) is 25.0 Å². The minimum Gasteiger partial charge on any atom is -0.489 e. The lowest BCUT2D eigenvalue weighted by Gasteiger charge is -2.06. The van der Waals surface area contributed by atoms with Crippen LogP contribution in [0, 0.1) is 6.92 Å². The average Bonchev–Trinajstić information content (AvgIpc) is 2.76. The van der Waals surface area contributed by atoms with Gasteiger partial charge in [0.15, 0.2) is 9.84 Å². The molecular formula is C15H19NO3S2. The fraction of sp³-hybridized carbons (Fsp3) is 0.333. The molecule has 0 spiro atoms. The Bertz CT molecular complexity index is 703. The van der Waals surface area contributed by atoms with Gasteiger partial charge in [0, 0.05) is 28.1 Å². The number of benzene rings is 1. The van der Waals surface area contributed by atoms with Crippen LogP contribution in [0.2, 0.25) is 0 Å². The summed E-state index contributed by atoms with van der Waals surface area (Å²) in [5.41, 5.74) is 1.16. The first-order chi connectivity index (χ1) is 9.90. The molecule has 0 aliphatic rings. The molecular weight excluding hydrogens is 306 g/mol. The summed E-state index contributed by atoms with van der Waals surface area (Å²) in [6.07, 6.45) is 1.20. The van der Waals surface area contributed by atoms with E-state index in [1.165, 1.54) is 16.0 Å². The van der Waals surface area contributed by atoms with E-state index in [0.717, 1.165) is 12.1 Å². The van der Waals surface area contributed by atoms with Gasteiger partial charge in [0.05, 0.1) is 4.90 Å². The van der Waals surface area contributed by atoms with E-state index in [4.69, 9.17) is 4.74 Å². The topological polar surface area (TPSA) is 55.4 Å². The third-order valence-corrected chi connectivity index (χ3v) is 5.29. The van der Waals surface area contributed by atoms with Crippen molar-refractivity contribution < 1.29 is 13.2 Å². The quantitative estimate of drug-likeness (QED) is 0.887. The van der Waals surface area contributed by atoms with Crippen LogP contribution >= 0.6 is 11.3 Å². The molecule has 114 valence electrons. The first kappa shape index (κ1) is 16.0. The lowest BCUT2D eigenvalue weighted by Crippen LogP contribution is -2.02. The Kier molecular flexibility index (Phi) is 5.03. The number of hydrogen-bond acceptors (Lipinski definition) is 5. The van der Waals surface area contributed by atoms with Crippen LogP contribution in [0.15, 0.2) is 35.2 Å². The predicted molar refractivity (Wildman–Crippen MR) is 85.7 cm³/mol. The van der Waals surface area contributed by atoms with Crippen LogP contribution in [0.1, 0.15) is 15.3 Å². The third-order valence-electron chi connectivity index (χ3n) is 3.07. The molecule has 0 aliphatic carbocycles. The summed E-state index contributed by atoms with van der Waals surface area (Å²) in [5, 5.41) is 3.13. The largest absolute Gasteiger partial charge is 0.489 e. The van der Waals surface area contributed by atoms with E-state index >= 15 is 0 Å². The Morgan fingerprint density at radius 2 is 1.90 bits per heavy atom. The molecule has 0 saturated carbocycles. The van der Waals surface area contributed by atoms with Gasteiger partial charge in [-0.25, -0.2) is 8.42 Å². The maximum absolute atomic E-state index is 11.4. The van der Waals surface area contributed by atoms with Gasteiger partial charge in [-0.15, -0.1) is 11.3 Å². The van der Waals surface area contributed by atoms with Gasteiger partial charge in [-0.2, -0.15) is 0 Å². The second-order valence-corrected chi connectivity index (χ2v) is 8.21. The van der Waals surface area contributed by atoms with Gasteiger partial charge < -0.3 is 10.1 Å². The molecule has 1 heterocycles. The Morgan fingerprint density at radius 1 is 1.24 bits per heavy atom. The molecule has 2 rings (SSSR count). The summed E-state index contributed by atoms with van der Waals surface area (Å²) >= 11 is 1.76. The maximum atomic E-state index is 11.4. The molecule has 0 radical (unpaired) electrons. The first-order valence-electron chi connectivity index (χ1n) is 6.56. The van der Waals surface area contributed by atoms with Crippen LogP contribution in [0.5, 0.6) is 5.75 Å². The van der Waals surface area contributed by atoms with E-state index < -0.39 is 9.84 Å². The summed E-state index contributed by atoms with van der Waals surface area (Å²) in [6, 6.07) is 8.65. The van der Waals surface area contributed by atoms with Crippen LogP contribution in [-0.2, 0) is 23.0 Å². The highest BCUT2D eigenvalue weighted by Gasteiger charge is 2.08. The van der Waals surface area contributed by atoms with E-state index in [-0.39, 0.29) is 0 Å². The average molecular weight is 325 g/mol. The maximum Gasteiger partial charge on any atom is 0.175 e. The fourth-order valence-electron chi connectivity index (χ4n) is 1.94. The van der Waals surface area contributed by atoms with Gasteiger partial charge in [-0.3, -0.25) is 0 Å². The van der Waals surface area contributed by atoms with Crippen LogP contribution in [0.3, 0.4) is 0 Å². The summed E-state index contributed by atoms with van der Waals surface area (Å²) < 4.78 is 28.5. The monoisotopic (exact) mass is 325 g/mol. The van der Waals surface area contributed by atoms with Crippen LogP contribution in [0.4, 0.5) is 0 Å². The molecule has 0 amide bonds. The minimum absolute atomic E-state index is 0.304. The Hall–Kier alpha value is -1.37. The second-order valence-electron chi connectivity index (χ2n) is 4.86. The van der Waals surface area contributed by atoms with Crippen molar-refractivity contribution in [2.75, 3.05) is 13.3 Å². The Balaban J connectivity index is 2.03. The molecule has 6 heteroatoms. The summed E-state index contributed by atoms with van der Waals surface area (Å²) in [4.78, 5) is 2.83. The van der Waals surface area contributed by atoms with Crippen molar-refractivity contribution in [1.82, 2.24) is 5.32 Å². The Morgan fingerprint density at radius 3 is 2.48 bits per heavy atom. The molecule has 21 heavy (non-hydrogen) atoms. The zero-order chi connectivity index (χ0) is 15.5. The van der Waals surface area contributed by atoms with Gasteiger partial charge in [-0.05, 0) is 44.3 Å². The van der Waals surface area contributed by atoms with E-state index in [9.17, 15) is 8.42 Å². The molecule has 4 nitrogen and oxygen atoms in total. The van der Waals surface area contributed by atoms with Crippen molar-refractivity contribution in [2.24, 2.45) is 0 Å². The second kappa shape index (κ2) is 6.60.